The maximum absolute atomic E-state index is 6.00. The van der Waals surface area contributed by atoms with Gasteiger partial charge in [-0.15, -0.1) is 0 Å². The van der Waals surface area contributed by atoms with Crippen LogP contribution in [0.25, 0.3) is 0 Å². The van der Waals surface area contributed by atoms with Gasteiger partial charge in [0.15, 0.2) is 0 Å². The van der Waals surface area contributed by atoms with E-state index in [1.165, 1.54) is 25.0 Å². The molecular weight excluding hydrogens is 162 g/mol. The summed E-state index contributed by atoms with van der Waals surface area (Å²) in [6.07, 6.45) is 7.76. The van der Waals surface area contributed by atoms with Gasteiger partial charge in [0.2, 0.25) is 0 Å². The molecule has 0 radical (unpaired) electrons. The Hall–Kier alpha value is -0.830. The Kier molecular flexibility index (Phi) is 2.12. The molecule has 1 aromatic heterocycles. The molecule has 2 N–H and O–H groups in total. The predicted molar refractivity (Wildman–Crippen MR) is 52.3 cm³/mol. The van der Waals surface area contributed by atoms with Crippen LogP contribution in [0.15, 0.2) is 12.3 Å². The Morgan fingerprint density at radius 1 is 1.62 bits per heavy atom. The first kappa shape index (κ1) is 8.75. The second-order valence-electron chi connectivity index (χ2n) is 4.16. The lowest BCUT2D eigenvalue weighted by atomic mass is 10.1. The molecule has 0 atom stereocenters. The summed E-state index contributed by atoms with van der Waals surface area (Å²) in [7, 11) is 1.99. The topological polar surface area (TPSA) is 43.8 Å². The molecule has 2 rings (SSSR count). The van der Waals surface area contributed by atoms with Crippen molar-refractivity contribution in [2.24, 2.45) is 12.8 Å². The number of nitrogens with two attached hydrogens (primary N) is 1. The van der Waals surface area contributed by atoms with E-state index in [4.69, 9.17) is 5.73 Å². The molecule has 1 heterocycles. The largest absolute Gasteiger partial charge is 0.325 e. The van der Waals surface area contributed by atoms with Gasteiger partial charge < -0.3 is 5.73 Å². The molecule has 0 aliphatic heterocycles. The molecule has 0 saturated heterocycles. The predicted octanol–water partition coefficient (Wildman–Crippen LogP) is 1.23. The normalized spacial score (nSPS) is 18.9. The zero-order valence-corrected chi connectivity index (χ0v) is 8.16. The Labute approximate surface area is 78.9 Å². The zero-order valence-electron chi connectivity index (χ0n) is 8.16. The van der Waals surface area contributed by atoms with Crippen LogP contribution < -0.4 is 5.73 Å². The molecule has 3 heteroatoms. The van der Waals surface area contributed by atoms with E-state index in [9.17, 15) is 0 Å². The van der Waals surface area contributed by atoms with Gasteiger partial charge in [-0.1, -0.05) is 0 Å². The van der Waals surface area contributed by atoms with Gasteiger partial charge in [0.1, 0.15) is 0 Å². The molecule has 1 aromatic rings. The minimum atomic E-state index is 0.207. The van der Waals surface area contributed by atoms with Gasteiger partial charge in [-0.3, -0.25) is 4.68 Å². The molecule has 1 fully saturated rings. The third-order valence-corrected chi connectivity index (χ3v) is 2.92. The number of aromatic nitrogens is 2. The summed E-state index contributed by atoms with van der Waals surface area (Å²) in [5.41, 5.74) is 7.52. The van der Waals surface area contributed by atoms with Crippen molar-refractivity contribution in [1.82, 2.24) is 9.78 Å². The maximum Gasteiger partial charge on any atom is 0.0492 e. The fourth-order valence-corrected chi connectivity index (χ4v) is 1.68. The molecule has 0 spiro atoms. The minimum absolute atomic E-state index is 0.207. The summed E-state index contributed by atoms with van der Waals surface area (Å²) in [5, 5.41) is 4.13. The monoisotopic (exact) mass is 179 g/mol. The molecule has 72 valence electrons. The van der Waals surface area contributed by atoms with E-state index in [-0.39, 0.29) is 5.54 Å². The average molecular weight is 179 g/mol. The van der Waals surface area contributed by atoms with E-state index in [0.717, 1.165) is 12.8 Å². The van der Waals surface area contributed by atoms with Crippen LogP contribution in [0.4, 0.5) is 0 Å². The fourth-order valence-electron chi connectivity index (χ4n) is 1.68. The van der Waals surface area contributed by atoms with E-state index in [0.29, 0.717) is 0 Å². The van der Waals surface area contributed by atoms with Crippen molar-refractivity contribution in [3.63, 3.8) is 0 Å². The molecule has 0 bridgehead atoms. The number of nitrogens with zero attached hydrogens (tertiary/aromatic N) is 2. The van der Waals surface area contributed by atoms with Crippen LogP contribution in [0.5, 0.6) is 0 Å². The number of hydrogen-bond donors (Lipinski definition) is 1. The van der Waals surface area contributed by atoms with Gasteiger partial charge in [0, 0.05) is 24.5 Å². The molecule has 0 unspecified atom stereocenters. The number of rotatable bonds is 4. The highest BCUT2D eigenvalue weighted by Gasteiger charge is 2.36. The SMILES string of the molecule is Cn1nccc1CCCC1(N)CC1. The third-order valence-electron chi connectivity index (χ3n) is 2.92. The summed E-state index contributed by atoms with van der Waals surface area (Å²) >= 11 is 0. The van der Waals surface area contributed by atoms with Crippen molar-refractivity contribution in [2.75, 3.05) is 0 Å². The van der Waals surface area contributed by atoms with Crippen molar-refractivity contribution in [3.05, 3.63) is 18.0 Å². The first-order chi connectivity index (χ1) is 6.20. The van der Waals surface area contributed by atoms with E-state index in [1.807, 2.05) is 17.9 Å². The quantitative estimate of drug-likeness (QED) is 0.755. The molecular formula is C10H17N3. The molecule has 1 saturated carbocycles. The summed E-state index contributed by atoms with van der Waals surface area (Å²) in [6, 6.07) is 2.08. The average Bonchev–Trinajstić information content (AvgIpc) is 2.68. The van der Waals surface area contributed by atoms with Crippen LogP contribution in [0, 0.1) is 0 Å². The Balaban J connectivity index is 1.77. The first-order valence-electron chi connectivity index (χ1n) is 4.95. The summed E-state index contributed by atoms with van der Waals surface area (Å²) in [5.74, 6) is 0. The highest BCUT2D eigenvalue weighted by atomic mass is 15.2. The number of aryl methyl sites for hydroxylation is 2. The van der Waals surface area contributed by atoms with Gasteiger partial charge >= 0.3 is 0 Å². The van der Waals surface area contributed by atoms with E-state index >= 15 is 0 Å². The molecule has 0 amide bonds. The van der Waals surface area contributed by atoms with Crippen LogP contribution in [0.2, 0.25) is 0 Å². The Morgan fingerprint density at radius 2 is 2.38 bits per heavy atom. The second-order valence-corrected chi connectivity index (χ2v) is 4.16. The van der Waals surface area contributed by atoms with Crippen molar-refractivity contribution >= 4 is 0 Å². The lowest BCUT2D eigenvalue weighted by Crippen LogP contribution is -2.21. The summed E-state index contributed by atoms with van der Waals surface area (Å²) < 4.78 is 1.94. The maximum atomic E-state index is 6.00. The van der Waals surface area contributed by atoms with Crippen molar-refractivity contribution in [2.45, 2.75) is 37.6 Å². The Bertz CT molecular complexity index is 286. The van der Waals surface area contributed by atoms with Crippen LogP contribution in [-0.2, 0) is 13.5 Å². The molecule has 3 nitrogen and oxygen atoms in total. The molecule has 0 aromatic carbocycles. The van der Waals surface area contributed by atoms with Crippen LogP contribution in [0.1, 0.15) is 31.4 Å². The summed E-state index contributed by atoms with van der Waals surface area (Å²) in [6.45, 7) is 0. The number of hydrogen-bond acceptors (Lipinski definition) is 2. The lowest BCUT2D eigenvalue weighted by Gasteiger charge is -2.07. The molecule has 1 aliphatic rings. The third kappa shape index (κ3) is 2.10. The zero-order chi connectivity index (χ0) is 9.31. The molecule has 13 heavy (non-hydrogen) atoms. The van der Waals surface area contributed by atoms with E-state index in [1.54, 1.807) is 0 Å². The molecule has 1 aliphatic carbocycles. The first-order valence-corrected chi connectivity index (χ1v) is 4.95. The van der Waals surface area contributed by atoms with Crippen LogP contribution in [-0.4, -0.2) is 15.3 Å². The van der Waals surface area contributed by atoms with Crippen molar-refractivity contribution in [1.29, 1.82) is 0 Å². The van der Waals surface area contributed by atoms with Gasteiger partial charge in [-0.05, 0) is 38.2 Å². The highest BCUT2D eigenvalue weighted by Crippen LogP contribution is 2.36. The lowest BCUT2D eigenvalue weighted by molar-refractivity contribution is 0.562. The van der Waals surface area contributed by atoms with Crippen molar-refractivity contribution in [3.8, 4) is 0 Å². The Morgan fingerprint density at radius 3 is 2.92 bits per heavy atom. The van der Waals surface area contributed by atoms with Gasteiger partial charge in [-0.25, -0.2) is 0 Å². The van der Waals surface area contributed by atoms with E-state index < -0.39 is 0 Å². The minimum Gasteiger partial charge on any atom is -0.325 e. The van der Waals surface area contributed by atoms with E-state index in [2.05, 4.69) is 11.2 Å². The van der Waals surface area contributed by atoms with Crippen LogP contribution >= 0.6 is 0 Å². The second kappa shape index (κ2) is 3.14. The van der Waals surface area contributed by atoms with Crippen molar-refractivity contribution < 1.29 is 0 Å². The van der Waals surface area contributed by atoms with Crippen LogP contribution in [0.3, 0.4) is 0 Å². The highest BCUT2D eigenvalue weighted by molar-refractivity contribution is 5.02. The van der Waals surface area contributed by atoms with Gasteiger partial charge in [0.25, 0.3) is 0 Å². The van der Waals surface area contributed by atoms with Gasteiger partial charge in [-0.2, -0.15) is 5.10 Å². The van der Waals surface area contributed by atoms with Gasteiger partial charge in [0.05, 0.1) is 0 Å². The standard InChI is InChI=1S/C10H17N3/c1-13-9(4-8-12-13)3-2-5-10(11)6-7-10/h4,8H,2-3,5-7,11H2,1H3. The smallest absolute Gasteiger partial charge is 0.0492 e. The summed E-state index contributed by atoms with van der Waals surface area (Å²) in [4.78, 5) is 0. The fraction of sp³-hybridized carbons (Fsp3) is 0.700.